The maximum Gasteiger partial charge on any atom is 0.244 e. The molecule has 19 heavy (non-hydrogen) atoms. The number of hydrogen-bond donors (Lipinski definition) is 1. The van der Waals surface area contributed by atoms with Crippen LogP contribution in [0.5, 0.6) is 0 Å². The lowest BCUT2D eigenvalue weighted by molar-refractivity contribution is -0.114. The molecule has 0 fully saturated rings. The zero-order valence-electron chi connectivity index (χ0n) is 11.1. The molecular formula is C12H17ClN2O3S. The first-order valence-corrected chi connectivity index (χ1v) is 7.72. The van der Waals surface area contributed by atoms with E-state index in [1.165, 1.54) is 23.4 Å². The summed E-state index contributed by atoms with van der Waals surface area (Å²) in [5.74, 6) is -0.270. The van der Waals surface area contributed by atoms with Gasteiger partial charge in [0, 0.05) is 25.7 Å². The fraction of sp³-hybridized carbons (Fsp3) is 0.417. The quantitative estimate of drug-likeness (QED) is 0.908. The van der Waals surface area contributed by atoms with Crippen molar-refractivity contribution in [3.05, 3.63) is 23.2 Å². The smallest absolute Gasteiger partial charge is 0.244 e. The van der Waals surface area contributed by atoms with Crippen LogP contribution in [0.3, 0.4) is 0 Å². The van der Waals surface area contributed by atoms with Gasteiger partial charge in [-0.05, 0) is 18.2 Å². The second kappa shape index (κ2) is 6.36. The largest absolute Gasteiger partial charge is 0.326 e. The average Bonchev–Trinajstić information content (AvgIpc) is 2.32. The van der Waals surface area contributed by atoms with Crippen molar-refractivity contribution in [2.75, 3.05) is 18.4 Å². The second-order valence-electron chi connectivity index (χ2n) is 3.92. The number of carbonyl (C=O) groups is 1. The monoisotopic (exact) mass is 304 g/mol. The third-order valence-corrected chi connectivity index (χ3v) is 5.11. The molecule has 0 saturated heterocycles. The molecular weight excluding hydrogens is 288 g/mol. The molecule has 0 unspecified atom stereocenters. The van der Waals surface area contributed by atoms with E-state index in [9.17, 15) is 13.2 Å². The fourth-order valence-corrected chi connectivity index (χ4v) is 3.64. The number of halogens is 1. The molecule has 5 nitrogen and oxygen atoms in total. The van der Waals surface area contributed by atoms with Crippen LogP contribution < -0.4 is 5.32 Å². The Morgan fingerprint density at radius 3 is 2.37 bits per heavy atom. The van der Waals surface area contributed by atoms with Crippen LogP contribution >= 0.6 is 11.6 Å². The lowest BCUT2D eigenvalue weighted by Crippen LogP contribution is -2.30. The van der Waals surface area contributed by atoms with Crippen molar-refractivity contribution in [3.8, 4) is 0 Å². The van der Waals surface area contributed by atoms with Crippen LogP contribution in [0.4, 0.5) is 5.69 Å². The first kappa shape index (κ1) is 15.9. The van der Waals surface area contributed by atoms with E-state index in [1.807, 2.05) is 0 Å². The van der Waals surface area contributed by atoms with E-state index in [0.717, 1.165) is 0 Å². The highest BCUT2D eigenvalue weighted by molar-refractivity contribution is 7.89. The van der Waals surface area contributed by atoms with Crippen LogP contribution in [0.25, 0.3) is 0 Å². The van der Waals surface area contributed by atoms with Gasteiger partial charge >= 0.3 is 0 Å². The van der Waals surface area contributed by atoms with Crippen molar-refractivity contribution < 1.29 is 13.2 Å². The summed E-state index contributed by atoms with van der Waals surface area (Å²) in [5, 5.41) is 2.68. The highest BCUT2D eigenvalue weighted by atomic mass is 35.5. The molecule has 1 N–H and O–H groups in total. The lowest BCUT2D eigenvalue weighted by Gasteiger charge is -2.19. The molecule has 0 radical (unpaired) electrons. The number of anilines is 1. The molecule has 0 aliphatic carbocycles. The Hall–Kier alpha value is -1.11. The SMILES string of the molecule is CCN(CC)S(=O)(=O)c1cc(NC(C)=O)ccc1Cl. The standard InChI is InChI=1S/C12H17ClN2O3S/c1-4-15(5-2)19(17,18)12-8-10(14-9(3)16)6-7-11(12)13/h6-8H,4-5H2,1-3H3,(H,14,16). The lowest BCUT2D eigenvalue weighted by atomic mass is 10.3. The average molecular weight is 305 g/mol. The van der Waals surface area contributed by atoms with Crippen LogP contribution in [-0.2, 0) is 14.8 Å². The zero-order chi connectivity index (χ0) is 14.6. The third kappa shape index (κ3) is 3.68. The number of amides is 1. The molecule has 1 aromatic carbocycles. The van der Waals surface area contributed by atoms with E-state index >= 15 is 0 Å². The molecule has 0 aliphatic rings. The van der Waals surface area contributed by atoms with E-state index in [1.54, 1.807) is 19.9 Å². The molecule has 0 heterocycles. The van der Waals surface area contributed by atoms with Gasteiger partial charge in [-0.3, -0.25) is 4.79 Å². The molecule has 1 aromatic rings. The van der Waals surface area contributed by atoms with E-state index < -0.39 is 10.0 Å². The number of sulfonamides is 1. The predicted octanol–water partition coefficient (Wildman–Crippen LogP) is 2.33. The summed E-state index contributed by atoms with van der Waals surface area (Å²) in [7, 11) is -3.64. The summed E-state index contributed by atoms with van der Waals surface area (Å²) >= 11 is 5.96. The summed E-state index contributed by atoms with van der Waals surface area (Å²) in [4.78, 5) is 11.0. The summed E-state index contributed by atoms with van der Waals surface area (Å²) in [6.07, 6.45) is 0. The maximum atomic E-state index is 12.4. The topological polar surface area (TPSA) is 66.5 Å². The molecule has 0 aromatic heterocycles. The van der Waals surface area contributed by atoms with Gasteiger partial charge in [-0.2, -0.15) is 4.31 Å². The number of carbonyl (C=O) groups excluding carboxylic acids is 1. The van der Waals surface area contributed by atoms with Gasteiger partial charge in [0.25, 0.3) is 0 Å². The van der Waals surface area contributed by atoms with Gasteiger partial charge in [-0.1, -0.05) is 25.4 Å². The minimum Gasteiger partial charge on any atom is -0.326 e. The first-order valence-electron chi connectivity index (χ1n) is 5.90. The van der Waals surface area contributed by atoms with Crippen molar-refractivity contribution in [1.82, 2.24) is 4.31 Å². The van der Waals surface area contributed by atoms with Gasteiger partial charge in [0.1, 0.15) is 4.90 Å². The van der Waals surface area contributed by atoms with E-state index in [4.69, 9.17) is 11.6 Å². The first-order chi connectivity index (χ1) is 8.82. The number of rotatable bonds is 5. The Morgan fingerprint density at radius 1 is 1.32 bits per heavy atom. The van der Waals surface area contributed by atoms with Crippen LogP contribution in [-0.4, -0.2) is 31.7 Å². The number of benzene rings is 1. The minimum absolute atomic E-state index is 0.00381. The summed E-state index contributed by atoms with van der Waals surface area (Å²) in [6, 6.07) is 4.39. The highest BCUT2D eigenvalue weighted by Crippen LogP contribution is 2.27. The normalized spacial score (nSPS) is 11.6. The van der Waals surface area contributed by atoms with Crippen LogP contribution in [0.2, 0.25) is 5.02 Å². The van der Waals surface area contributed by atoms with Crippen LogP contribution in [0, 0.1) is 0 Å². The van der Waals surface area contributed by atoms with Crippen molar-refractivity contribution in [3.63, 3.8) is 0 Å². The molecule has 0 atom stereocenters. The maximum absolute atomic E-state index is 12.4. The van der Waals surface area contributed by atoms with Gasteiger partial charge in [-0.25, -0.2) is 8.42 Å². The Labute approximate surface area is 118 Å². The van der Waals surface area contributed by atoms with Crippen LogP contribution in [0.15, 0.2) is 23.1 Å². The van der Waals surface area contributed by atoms with E-state index in [-0.39, 0.29) is 15.8 Å². The van der Waals surface area contributed by atoms with Gasteiger partial charge in [0.2, 0.25) is 15.9 Å². The number of nitrogens with one attached hydrogen (secondary N) is 1. The number of nitrogens with zero attached hydrogens (tertiary/aromatic N) is 1. The molecule has 0 bridgehead atoms. The summed E-state index contributed by atoms with van der Waals surface area (Å²) in [6.45, 7) is 5.59. The highest BCUT2D eigenvalue weighted by Gasteiger charge is 2.24. The van der Waals surface area contributed by atoms with Crippen LogP contribution in [0.1, 0.15) is 20.8 Å². The zero-order valence-corrected chi connectivity index (χ0v) is 12.7. The molecule has 0 aliphatic heterocycles. The van der Waals surface area contributed by atoms with Crippen molar-refractivity contribution >= 4 is 33.2 Å². The predicted molar refractivity (Wildman–Crippen MR) is 75.9 cm³/mol. The van der Waals surface area contributed by atoms with Gasteiger partial charge in [0.15, 0.2) is 0 Å². The van der Waals surface area contributed by atoms with Crippen molar-refractivity contribution in [2.45, 2.75) is 25.7 Å². The summed E-state index contributed by atoms with van der Waals surface area (Å²) in [5.41, 5.74) is 0.405. The molecule has 106 valence electrons. The van der Waals surface area contributed by atoms with Gasteiger partial charge in [0.05, 0.1) is 5.02 Å². The summed E-state index contributed by atoms with van der Waals surface area (Å²) < 4.78 is 26.1. The van der Waals surface area contributed by atoms with Gasteiger partial charge < -0.3 is 5.32 Å². The molecule has 7 heteroatoms. The minimum atomic E-state index is -3.64. The molecule has 0 spiro atoms. The second-order valence-corrected chi connectivity index (χ2v) is 6.23. The molecule has 1 amide bonds. The number of hydrogen-bond acceptors (Lipinski definition) is 3. The van der Waals surface area contributed by atoms with E-state index in [0.29, 0.717) is 18.8 Å². The molecule has 0 saturated carbocycles. The molecule has 1 rings (SSSR count). The third-order valence-electron chi connectivity index (χ3n) is 2.57. The Morgan fingerprint density at radius 2 is 1.89 bits per heavy atom. The van der Waals surface area contributed by atoms with Crippen molar-refractivity contribution in [2.24, 2.45) is 0 Å². The van der Waals surface area contributed by atoms with Crippen molar-refractivity contribution in [1.29, 1.82) is 0 Å². The Balaban J connectivity index is 3.29. The van der Waals surface area contributed by atoms with E-state index in [2.05, 4.69) is 5.32 Å². The fourth-order valence-electron chi connectivity index (χ4n) is 1.68. The Kier molecular flexibility index (Phi) is 5.34. The van der Waals surface area contributed by atoms with Gasteiger partial charge in [-0.15, -0.1) is 0 Å². The Bertz CT molecular complexity index is 568.